The second-order valence-electron chi connectivity index (χ2n) is 16.5. The number of hydrogen-bond donors (Lipinski definition) is 0. The fourth-order valence-electron chi connectivity index (χ4n) is 10.6. The van der Waals surface area contributed by atoms with Crippen molar-refractivity contribution in [2.45, 2.75) is 0 Å². The van der Waals surface area contributed by atoms with Crippen molar-refractivity contribution >= 4 is 67.2 Å². The van der Waals surface area contributed by atoms with E-state index in [1.807, 2.05) is 0 Å². The quantitative estimate of drug-likeness (QED) is 0.0957. The Labute approximate surface area is 357 Å². The maximum atomic E-state index is 5.73. The van der Waals surface area contributed by atoms with Crippen LogP contribution in [0.15, 0.2) is 206 Å². The van der Waals surface area contributed by atoms with Crippen molar-refractivity contribution in [1.29, 1.82) is 0 Å². The van der Waals surface area contributed by atoms with E-state index >= 15 is 0 Å². The van der Waals surface area contributed by atoms with Crippen LogP contribution in [0.3, 0.4) is 0 Å². The highest BCUT2D eigenvalue weighted by Gasteiger charge is 2.40. The molecule has 11 aromatic rings. The topological polar surface area (TPSA) is 39.5 Å². The monoisotopic (exact) mass is 787 g/mol. The van der Waals surface area contributed by atoms with Gasteiger partial charge in [0.25, 0.3) is 0 Å². The molecule has 0 amide bonds. The maximum absolute atomic E-state index is 5.73. The Bertz CT molecular complexity index is 3610. The van der Waals surface area contributed by atoms with Crippen LogP contribution in [0.1, 0.15) is 0 Å². The van der Waals surface area contributed by atoms with Crippen molar-refractivity contribution in [1.82, 2.24) is 23.3 Å². The fourth-order valence-corrected chi connectivity index (χ4v) is 10.6. The van der Waals surface area contributed by atoms with Crippen molar-refractivity contribution in [3.05, 3.63) is 206 Å². The lowest BCUT2D eigenvalue weighted by molar-refractivity contribution is 1.08. The fraction of sp³-hybridized carbons (Fsp3) is 0. The molecule has 0 radical (unpaired) electrons. The van der Waals surface area contributed by atoms with Gasteiger partial charge in [-0.05, 0) is 45.3 Å². The minimum Gasteiger partial charge on any atom is -0.303 e. The predicted octanol–water partition coefficient (Wildman–Crippen LogP) is 11.3. The summed E-state index contributed by atoms with van der Waals surface area (Å²) in [7, 11) is 0. The highest BCUT2D eigenvalue weighted by atomic mass is 15.2. The van der Waals surface area contributed by atoms with Gasteiger partial charge in [0, 0.05) is 22.3 Å². The molecule has 0 saturated heterocycles. The van der Waals surface area contributed by atoms with Crippen molar-refractivity contribution < 1.29 is 0 Å². The Morgan fingerprint density at radius 2 is 0.710 bits per heavy atom. The molecule has 9 aromatic carbocycles. The van der Waals surface area contributed by atoms with Crippen LogP contribution < -0.4 is 16.4 Å². The van der Waals surface area contributed by atoms with E-state index in [-0.39, 0.29) is 6.71 Å². The van der Waals surface area contributed by atoms with Crippen LogP contribution in [-0.4, -0.2) is 30.0 Å². The van der Waals surface area contributed by atoms with Gasteiger partial charge in [-0.3, -0.25) is 8.80 Å². The van der Waals surface area contributed by atoms with Gasteiger partial charge in [-0.15, -0.1) is 0 Å². The van der Waals surface area contributed by atoms with Gasteiger partial charge >= 0.3 is 0 Å². The van der Waals surface area contributed by atoms with Crippen LogP contribution in [0.25, 0.3) is 106 Å². The molecule has 5 nitrogen and oxygen atoms in total. The molecule has 0 N–H and O–H groups in total. The summed E-state index contributed by atoms with van der Waals surface area (Å²) in [6.45, 7) is -0.0880. The van der Waals surface area contributed by atoms with Crippen LogP contribution in [-0.2, 0) is 0 Å². The highest BCUT2D eigenvalue weighted by Crippen LogP contribution is 2.47. The molecule has 0 spiro atoms. The molecule has 0 fully saturated rings. The molecule has 0 atom stereocenters. The first kappa shape index (κ1) is 33.6. The Morgan fingerprint density at radius 1 is 0.339 bits per heavy atom. The Hall–Kier alpha value is -8.22. The largest absolute Gasteiger partial charge is 0.303 e. The van der Waals surface area contributed by atoms with Gasteiger partial charge in [-0.2, -0.15) is 0 Å². The molecule has 3 aliphatic rings. The van der Waals surface area contributed by atoms with Gasteiger partial charge in [-0.1, -0.05) is 200 Å². The number of fused-ring (bicyclic) bond motifs is 2. The first-order valence-electron chi connectivity index (χ1n) is 21.3. The van der Waals surface area contributed by atoms with Crippen molar-refractivity contribution in [2.75, 3.05) is 0 Å². The molecule has 2 aromatic heterocycles. The van der Waals surface area contributed by atoms with E-state index in [0.29, 0.717) is 0 Å². The third kappa shape index (κ3) is 4.53. The third-order valence-corrected chi connectivity index (χ3v) is 13.2. The number of hydrogen-bond acceptors (Lipinski definition) is 2. The van der Waals surface area contributed by atoms with Gasteiger partial charge in [0.15, 0.2) is 0 Å². The molecule has 0 aliphatic carbocycles. The molecule has 62 heavy (non-hydrogen) atoms. The van der Waals surface area contributed by atoms with E-state index < -0.39 is 0 Å². The number of benzene rings is 9. The van der Waals surface area contributed by atoms with E-state index in [1.54, 1.807) is 0 Å². The molecule has 286 valence electrons. The summed E-state index contributed by atoms with van der Waals surface area (Å²) in [6.07, 6.45) is 0. The molecular formula is C56H34BN5. The zero-order chi connectivity index (χ0) is 40.5. The highest BCUT2D eigenvalue weighted by molar-refractivity contribution is 6.98. The van der Waals surface area contributed by atoms with Gasteiger partial charge in [-0.25, -0.2) is 9.97 Å². The second kappa shape index (κ2) is 12.6. The molecule has 0 bridgehead atoms. The van der Waals surface area contributed by atoms with Gasteiger partial charge in [0.2, 0.25) is 6.71 Å². The summed E-state index contributed by atoms with van der Waals surface area (Å²) in [4.78, 5) is 11.5. The molecular weight excluding hydrogens is 753 g/mol. The lowest BCUT2D eigenvalue weighted by atomic mass is 9.35. The van der Waals surface area contributed by atoms with Crippen LogP contribution >= 0.6 is 0 Å². The second-order valence-corrected chi connectivity index (χ2v) is 16.5. The van der Waals surface area contributed by atoms with Crippen LogP contribution in [0.5, 0.6) is 0 Å². The number of aromatic nitrogens is 5. The molecule has 0 unspecified atom stereocenters. The molecule has 3 aliphatic heterocycles. The average molecular weight is 788 g/mol. The average Bonchev–Trinajstić information content (AvgIpc) is 3.96. The first-order chi connectivity index (χ1) is 30.8. The third-order valence-electron chi connectivity index (χ3n) is 13.2. The van der Waals surface area contributed by atoms with Gasteiger partial charge in [0.05, 0.1) is 49.8 Å². The Balaban J connectivity index is 1.31. The Kier molecular flexibility index (Phi) is 6.85. The van der Waals surface area contributed by atoms with Crippen LogP contribution in [0, 0.1) is 0 Å². The number of rotatable bonds is 6. The smallest absolute Gasteiger partial charge is 0.246 e. The molecule has 6 heteroatoms. The summed E-state index contributed by atoms with van der Waals surface area (Å²) in [5, 5.41) is 0. The van der Waals surface area contributed by atoms with E-state index in [4.69, 9.17) is 9.97 Å². The summed E-state index contributed by atoms with van der Waals surface area (Å²) < 4.78 is 7.56. The SMILES string of the molecule is c1ccc(B2c3cc(-c4ccccc4)c4nc(-c5ccccc5)n5c6cc(-c7ccccc7)cc7c6-n(c3c45)c3c2cc(-c2ccccc2)c2nc(-c4ccccc4)n7c23)cc1. The van der Waals surface area contributed by atoms with Crippen molar-refractivity contribution in [2.24, 2.45) is 0 Å². The summed E-state index contributed by atoms with van der Waals surface area (Å²) >= 11 is 0. The Morgan fingerprint density at radius 3 is 1.13 bits per heavy atom. The lowest BCUT2D eigenvalue weighted by Crippen LogP contribution is -2.55. The summed E-state index contributed by atoms with van der Waals surface area (Å²) in [6, 6.07) is 74.6. The van der Waals surface area contributed by atoms with Crippen LogP contribution in [0.2, 0.25) is 0 Å². The molecule has 5 heterocycles. The first-order valence-corrected chi connectivity index (χ1v) is 21.3. The van der Waals surface area contributed by atoms with E-state index in [0.717, 1.165) is 94.9 Å². The standard InChI is InChI=1S/C56H34BN5/c1-7-19-35(20-8-1)40-31-46-52-47(32-40)61-54-49(59-56(61)39-27-15-5-16-28-39)43(37-23-11-3-12-24-37)34-45-51(54)62(52)50-44(57(45)41-29-17-6-18-30-41)33-42(36-21-9-2-10-22-36)48-53(50)60(46)55(58-48)38-25-13-4-14-26-38/h1-34H. The molecule has 0 saturated carbocycles. The number of nitrogens with zero attached hydrogens (tertiary/aromatic N) is 5. The minimum absolute atomic E-state index is 0.0880. The van der Waals surface area contributed by atoms with E-state index in [1.165, 1.54) is 27.4 Å². The molecule has 14 rings (SSSR count). The van der Waals surface area contributed by atoms with Gasteiger partial charge < -0.3 is 4.57 Å². The minimum atomic E-state index is -0.0880. The van der Waals surface area contributed by atoms with E-state index in [2.05, 4.69) is 220 Å². The predicted molar refractivity (Wildman–Crippen MR) is 256 cm³/mol. The number of imidazole rings is 2. The van der Waals surface area contributed by atoms with E-state index in [9.17, 15) is 0 Å². The lowest BCUT2D eigenvalue weighted by Gasteiger charge is -2.33. The summed E-state index contributed by atoms with van der Waals surface area (Å²) in [5.41, 5.74) is 22.6. The zero-order valence-electron chi connectivity index (χ0n) is 33.4. The van der Waals surface area contributed by atoms with Crippen molar-refractivity contribution in [3.8, 4) is 61.8 Å². The van der Waals surface area contributed by atoms with Crippen molar-refractivity contribution in [3.63, 3.8) is 0 Å². The summed E-state index contributed by atoms with van der Waals surface area (Å²) in [5.74, 6) is 1.84. The normalized spacial score (nSPS) is 12.5. The maximum Gasteiger partial charge on any atom is 0.246 e. The zero-order valence-corrected chi connectivity index (χ0v) is 33.4. The van der Waals surface area contributed by atoms with Gasteiger partial charge in [0.1, 0.15) is 11.6 Å². The van der Waals surface area contributed by atoms with Crippen LogP contribution in [0.4, 0.5) is 0 Å².